The quantitative estimate of drug-likeness (QED) is 0.119. The van der Waals surface area contributed by atoms with Crippen molar-refractivity contribution in [1.29, 1.82) is 5.53 Å². The molecule has 0 heterocycles. The molecule has 0 radical (unpaired) electrons. The van der Waals surface area contributed by atoms with Gasteiger partial charge in [0, 0.05) is 35.3 Å². The Bertz CT molecular complexity index is 250. The lowest BCUT2D eigenvalue weighted by atomic mass is 13.1. The van der Waals surface area contributed by atoms with Crippen molar-refractivity contribution in [1.82, 2.24) is 0 Å². The Morgan fingerprint density at radius 1 is 0.667 bits per heavy atom. The van der Waals surface area contributed by atoms with E-state index in [-0.39, 0.29) is 0 Å². The van der Waals surface area contributed by atoms with Gasteiger partial charge in [0.15, 0.2) is 0 Å². The summed E-state index contributed by atoms with van der Waals surface area (Å²) in [4.78, 5) is 3.47. The number of hydrogen-bond acceptors (Lipinski definition) is 19. The topological polar surface area (TPSA) is 184 Å². The van der Waals surface area contributed by atoms with Crippen molar-refractivity contribution in [3.63, 3.8) is 0 Å². The average Bonchev–Trinajstić information content (AvgIpc) is 2.46. The molecule has 0 aromatic carbocycles. The second kappa shape index (κ2) is 17.9. The van der Waals surface area contributed by atoms with Crippen molar-refractivity contribution in [3.05, 3.63) is 0 Å². The third kappa shape index (κ3) is 19.9. The molecule has 21 heteroatoms. The molecule has 0 aliphatic carbocycles. The van der Waals surface area contributed by atoms with Crippen molar-refractivity contribution in [2.75, 3.05) is 0 Å². The summed E-state index contributed by atoms with van der Waals surface area (Å²) in [6.45, 7) is -1.64. The van der Waals surface area contributed by atoms with Crippen LogP contribution < -0.4 is 0 Å². The van der Waals surface area contributed by atoms with Crippen LogP contribution in [-0.2, 0) is 92.0 Å². The molecule has 0 aromatic heterocycles. The molecule has 0 bridgehead atoms. The third-order valence-electron chi connectivity index (χ3n) is 0.545. The Morgan fingerprint density at radius 2 is 1.00 bits per heavy atom. The van der Waals surface area contributed by atoms with Crippen LogP contribution in [0.1, 0.15) is 0 Å². The van der Waals surface area contributed by atoms with Crippen LogP contribution in [0, 0.1) is 5.53 Å². The zero-order valence-electron chi connectivity index (χ0n) is 8.96. The summed E-state index contributed by atoms with van der Waals surface area (Å²) in [6, 6.07) is 0. The average molecular weight is 382 g/mol. The molecule has 0 rings (SSSR count). The second-order valence-corrected chi connectivity index (χ2v) is 6.36. The normalized spacial score (nSPS) is 12.2. The van der Waals surface area contributed by atoms with Gasteiger partial charge in [-0.15, -0.1) is 0 Å². The minimum atomic E-state index is -1.64. The van der Waals surface area contributed by atoms with Crippen molar-refractivity contribution < 1.29 is 80.2 Å². The summed E-state index contributed by atoms with van der Waals surface area (Å²) in [5, 5.41) is 52.1. The molecule has 0 saturated carbocycles. The van der Waals surface area contributed by atoms with Gasteiger partial charge in [-0.2, -0.15) is 15.2 Å². The molecule has 0 aliphatic rings. The molecule has 2 unspecified atom stereocenters. The van der Waals surface area contributed by atoms with Crippen LogP contribution in [0.2, 0.25) is 0 Å². The van der Waals surface area contributed by atoms with Crippen LogP contribution in [0.5, 0.6) is 0 Å². The smallest absolute Gasteiger partial charge is 0.112 e. The summed E-state index contributed by atoms with van der Waals surface area (Å²) >= 11 is 4.56. The van der Waals surface area contributed by atoms with Gasteiger partial charge < -0.3 is 0 Å². The lowest BCUT2D eigenvalue weighted by molar-refractivity contribution is -0.882. The highest BCUT2D eigenvalue weighted by atomic mass is 32.6. The Kier molecular flexibility index (Phi) is 17.8. The van der Waals surface area contributed by atoms with E-state index in [9.17, 15) is 0 Å². The van der Waals surface area contributed by atoms with E-state index in [0.717, 1.165) is 0 Å². The fourth-order valence-corrected chi connectivity index (χ4v) is 0.507. The lowest BCUT2D eigenvalue weighted by Gasteiger charge is -1.99. The summed E-state index contributed by atoms with van der Waals surface area (Å²) in [5.41, 5.74) is 6.03. The molecule has 1 N–H and O–H groups in total. The van der Waals surface area contributed by atoms with Crippen molar-refractivity contribution in [2.24, 2.45) is 5.28 Å². The van der Waals surface area contributed by atoms with E-state index in [0.29, 0.717) is 0 Å². The van der Waals surface area contributed by atoms with Crippen molar-refractivity contribution in [2.45, 2.75) is 0 Å². The summed E-state index contributed by atoms with van der Waals surface area (Å²) in [5.74, 6) is 0. The van der Waals surface area contributed by atoms with Gasteiger partial charge in [0.2, 0.25) is 0 Å². The summed E-state index contributed by atoms with van der Waals surface area (Å²) in [7, 11) is 2.13. The van der Waals surface area contributed by atoms with Gasteiger partial charge >= 0.3 is 0 Å². The van der Waals surface area contributed by atoms with Gasteiger partial charge in [-0.05, 0) is 35.3 Å². The Balaban J connectivity index is 2.96. The predicted octanol–water partition coefficient (Wildman–Crippen LogP) is 0.304. The summed E-state index contributed by atoms with van der Waals surface area (Å²) in [6.07, 6.45) is 0. The van der Waals surface area contributed by atoms with Gasteiger partial charge in [-0.25, -0.2) is 0 Å². The zero-order valence-corrected chi connectivity index (χ0v) is 11.9. The first-order valence-electron chi connectivity index (χ1n) is 3.60. The minimum absolute atomic E-state index is 1.64. The molecular formula is H4N2O16P2S. The van der Waals surface area contributed by atoms with Gasteiger partial charge in [0.1, 0.15) is 6.61 Å². The number of rotatable bonds is 17. The van der Waals surface area contributed by atoms with Gasteiger partial charge in [0.25, 0.3) is 0 Å². The highest BCUT2D eigenvalue weighted by Gasteiger charge is 1.99. The third-order valence-corrected chi connectivity index (χ3v) is 1.27. The van der Waals surface area contributed by atoms with Crippen LogP contribution in [0.3, 0.4) is 0 Å². The van der Waals surface area contributed by atoms with E-state index >= 15 is 0 Å². The van der Waals surface area contributed by atoms with E-state index in [1.165, 1.54) is 0 Å². The van der Waals surface area contributed by atoms with E-state index in [4.69, 9.17) is 5.53 Å². The Hall–Kier alpha value is -0.120. The van der Waals surface area contributed by atoms with E-state index in [2.05, 4.69) is 106 Å². The van der Waals surface area contributed by atoms with Gasteiger partial charge in [-0.1, -0.05) is 20.7 Å². The SMILES string of the molecule is N=NOOOOOOOOOOOOOOOO[PH](P)=S. The van der Waals surface area contributed by atoms with Crippen LogP contribution in [-0.4, -0.2) is 0 Å². The highest BCUT2D eigenvalue weighted by Crippen LogP contribution is 2.31. The minimum Gasteiger partial charge on any atom is -0.173 e. The molecule has 0 saturated heterocycles. The lowest BCUT2D eigenvalue weighted by Crippen LogP contribution is -2.04. The van der Waals surface area contributed by atoms with Crippen molar-refractivity contribution >= 4 is 27.3 Å². The van der Waals surface area contributed by atoms with E-state index in [1.807, 2.05) is 0 Å². The molecule has 126 valence electrons. The maximum absolute atomic E-state index is 6.03. The van der Waals surface area contributed by atoms with Gasteiger partial charge in [0.05, 0.1) is 5.28 Å². The first kappa shape index (κ1) is 20.9. The maximum Gasteiger partial charge on any atom is 0.112 e. The van der Waals surface area contributed by atoms with Gasteiger partial charge in [-0.3, -0.25) is 0 Å². The molecule has 21 heavy (non-hydrogen) atoms. The van der Waals surface area contributed by atoms with Crippen LogP contribution in [0.25, 0.3) is 0 Å². The first-order chi connectivity index (χ1) is 10.3. The largest absolute Gasteiger partial charge is 0.173 e. The number of hydrogen-bond donors (Lipinski definition) is 1. The number of nitrogens with zero attached hydrogens (tertiary/aromatic N) is 1. The van der Waals surface area contributed by atoms with E-state index < -0.39 is 6.61 Å². The molecule has 0 aromatic rings. The molecule has 0 aliphatic heterocycles. The molecule has 0 amide bonds. The zero-order chi connectivity index (χ0) is 15.6. The standard InChI is InChI=1S/H4N2O16P2S/c1-2-3-4-5-6-7-8-9-10-11-12-13-14-15-16-17-18-20(19)21/h1,20H,19H2. The van der Waals surface area contributed by atoms with Crippen LogP contribution in [0.15, 0.2) is 5.28 Å². The first-order valence-corrected chi connectivity index (χ1v) is 7.95. The van der Waals surface area contributed by atoms with E-state index in [1.54, 1.807) is 0 Å². The number of nitrogens with one attached hydrogen (secondary N) is 1. The highest BCUT2D eigenvalue weighted by molar-refractivity contribution is 8.31. The van der Waals surface area contributed by atoms with Crippen LogP contribution in [0.4, 0.5) is 0 Å². The monoisotopic (exact) mass is 382 g/mol. The molecular weight excluding hydrogens is 378 g/mol. The van der Waals surface area contributed by atoms with Crippen molar-refractivity contribution in [3.8, 4) is 0 Å². The molecule has 0 fully saturated rings. The predicted molar refractivity (Wildman–Crippen MR) is 47.9 cm³/mol. The molecule has 0 spiro atoms. The molecule has 2 atom stereocenters. The Labute approximate surface area is 119 Å². The maximum atomic E-state index is 6.03. The summed E-state index contributed by atoms with van der Waals surface area (Å²) < 4.78 is 4.25. The van der Waals surface area contributed by atoms with Crippen LogP contribution >= 0.6 is 15.5 Å². The molecule has 18 nitrogen and oxygen atoms in total. The second-order valence-electron chi connectivity index (χ2n) is 1.52. The fraction of sp³-hybridized carbons (Fsp3) is 0. The fourth-order valence-electron chi connectivity index (χ4n) is 0.211. The Morgan fingerprint density at radius 3 is 1.33 bits per heavy atom.